The number of aromatic hydroxyl groups is 1. The second-order valence-corrected chi connectivity index (χ2v) is 7.46. The summed E-state index contributed by atoms with van der Waals surface area (Å²) in [6, 6.07) is 14.6. The Morgan fingerprint density at radius 3 is 2.72 bits per heavy atom. The van der Waals surface area contributed by atoms with Gasteiger partial charge in [0, 0.05) is 6.54 Å². The molecule has 152 valence electrons. The Morgan fingerprint density at radius 2 is 2.00 bits per heavy atom. The maximum Gasteiger partial charge on any atom is 0.234 e. The van der Waals surface area contributed by atoms with E-state index in [1.54, 1.807) is 18.2 Å². The number of carbonyl (C=O) groups excluding carboxylic acids is 1. The minimum Gasteiger partial charge on any atom is -0.506 e. The number of aryl methyl sites for hydroxylation is 1. The van der Waals surface area contributed by atoms with Gasteiger partial charge in [0.15, 0.2) is 17.1 Å². The lowest BCUT2D eigenvalue weighted by Gasteiger charge is -2.15. The van der Waals surface area contributed by atoms with Crippen LogP contribution in [0.2, 0.25) is 0 Å². The van der Waals surface area contributed by atoms with Crippen LogP contribution in [0.3, 0.4) is 0 Å². The molecule has 0 bridgehead atoms. The van der Waals surface area contributed by atoms with Crippen molar-refractivity contribution in [2.75, 3.05) is 11.1 Å². The van der Waals surface area contributed by atoms with E-state index in [2.05, 4.69) is 15.5 Å². The van der Waals surface area contributed by atoms with Crippen molar-refractivity contribution in [3.63, 3.8) is 0 Å². The molecule has 1 atom stereocenters. The summed E-state index contributed by atoms with van der Waals surface area (Å²) in [6.07, 6.45) is -0.280. The van der Waals surface area contributed by atoms with Gasteiger partial charge < -0.3 is 19.7 Å². The number of ether oxygens (including phenoxy) is 1. The highest BCUT2D eigenvalue weighted by atomic mass is 32.2. The first-order chi connectivity index (χ1) is 14.0. The maximum atomic E-state index is 12.3. The van der Waals surface area contributed by atoms with E-state index in [9.17, 15) is 9.90 Å². The molecule has 1 heterocycles. The summed E-state index contributed by atoms with van der Waals surface area (Å²) >= 11 is 1.29. The molecule has 8 heteroatoms. The van der Waals surface area contributed by atoms with Crippen LogP contribution in [0.25, 0.3) is 0 Å². The van der Waals surface area contributed by atoms with Crippen LogP contribution in [0.1, 0.15) is 31.3 Å². The molecule has 2 N–H and O–H groups in total. The van der Waals surface area contributed by atoms with Crippen LogP contribution in [-0.2, 0) is 11.3 Å². The largest absolute Gasteiger partial charge is 0.506 e. The fraction of sp³-hybridized carbons (Fsp3) is 0.286. The molecule has 3 aromatic rings. The van der Waals surface area contributed by atoms with Gasteiger partial charge in [0.05, 0.1) is 11.4 Å². The molecular formula is C21H24N4O3S. The lowest BCUT2D eigenvalue weighted by molar-refractivity contribution is -0.113. The second kappa shape index (κ2) is 9.47. The first kappa shape index (κ1) is 20.7. The van der Waals surface area contributed by atoms with Crippen molar-refractivity contribution < 1.29 is 14.6 Å². The molecule has 0 fully saturated rings. The molecule has 0 spiro atoms. The maximum absolute atomic E-state index is 12.3. The quantitative estimate of drug-likeness (QED) is 0.426. The fourth-order valence-electron chi connectivity index (χ4n) is 2.83. The third kappa shape index (κ3) is 5.29. The average Bonchev–Trinajstić information content (AvgIpc) is 3.13. The van der Waals surface area contributed by atoms with Gasteiger partial charge >= 0.3 is 0 Å². The first-order valence-electron chi connectivity index (χ1n) is 9.35. The number of rotatable bonds is 8. The average molecular weight is 413 g/mol. The summed E-state index contributed by atoms with van der Waals surface area (Å²) in [6.45, 7) is 6.48. The highest BCUT2D eigenvalue weighted by Crippen LogP contribution is 2.26. The van der Waals surface area contributed by atoms with Gasteiger partial charge in [0.2, 0.25) is 5.91 Å². The molecule has 3 rings (SSSR count). The van der Waals surface area contributed by atoms with Crippen molar-refractivity contribution in [1.29, 1.82) is 0 Å². The monoisotopic (exact) mass is 412 g/mol. The Labute approximate surface area is 174 Å². The van der Waals surface area contributed by atoms with Crippen molar-refractivity contribution in [3.05, 3.63) is 59.9 Å². The number of benzene rings is 2. The Balaban J connectivity index is 1.64. The minimum atomic E-state index is -0.280. The van der Waals surface area contributed by atoms with Gasteiger partial charge in [-0.25, -0.2) is 0 Å². The van der Waals surface area contributed by atoms with Crippen molar-refractivity contribution in [2.45, 2.75) is 38.6 Å². The summed E-state index contributed by atoms with van der Waals surface area (Å²) in [5.41, 5.74) is 1.35. The number of phenols is 1. The molecule has 0 saturated heterocycles. The molecule has 2 aromatic carbocycles. The van der Waals surface area contributed by atoms with E-state index in [0.29, 0.717) is 23.2 Å². The number of hydrogen-bond acceptors (Lipinski definition) is 6. The van der Waals surface area contributed by atoms with Gasteiger partial charge in [-0.15, -0.1) is 10.2 Å². The molecule has 0 saturated carbocycles. The molecule has 29 heavy (non-hydrogen) atoms. The van der Waals surface area contributed by atoms with E-state index in [4.69, 9.17) is 4.74 Å². The number of hydrogen-bond donors (Lipinski definition) is 2. The molecule has 0 aliphatic heterocycles. The first-order valence-corrected chi connectivity index (χ1v) is 10.3. The van der Waals surface area contributed by atoms with Crippen molar-refractivity contribution in [2.24, 2.45) is 0 Å². The van der Waals surface area contributed by atoms with Gasteiger partial charge in [-0.2, -0.15) is 0 Å². The van der Waals surface area contributed by atoms with E-state index in [1.807, 2.05) is 55.7 Å². The van der Waals surface area contributed by atoms with E-state index < -0.39 is 0 Å². The van der Waals surface area contributed by atoms with E-state index >= 15 is 0 Å². The molecule has 0 radical (unpaired) electrons. The second-order valence-electron chi connectivity index (χ2n) is 6.52. The molecule has 1 amide bonds. The van der Waals surface area contributed by atoms with E-state index in [0.717, 1.165) is 11.3 Å². The summed E-state index contributed by atoms with van der Waals surface area (Å²) in [7, 11) is 0. The minimum absolute atomic E-state index is 0.0415. The van der Waals surface area contributed by atoms with Crippen LogP contribution < -0.4 is 10.1 Å². The van der Waals surface area contributed by atoms with Crippen molar-refractivity contribution in [1.82, 2.24) is 14.8 Å². The van der Waals surface area contributed by atoms with Gasteiger partial charge in [-0.05, 0) is 50.6 Å². The highest BCUT2D eigenvalue weighted by Gasteiger charge is 2.19. The fourth-order valence-corrected chi connectivity index (χ4v) is 3.64. The number of amides is 1. The molecule has 0 aliphatic rings. The zero-order chi connectivity index (χ0) is 20.8. The number of para-hydroxylation sites is 1. The molecule has 1 aromatic heterocycles. The van der Waals surface area contributed by atoms with E-state index in [1.165, 1.54) is 11.8 Å². The van der Waals surface area contributed by atoms with Crippen LogP contribution in [0.5, 0.6) is 11.5 Å². The molecule has 7 nitrogen and oxygen atoms in total. The number of nitrogens with one attached hydrogen (secondary N) is 1. The van der Waals surface area contributed by atoms with Gasteiger partial charge in [-0.1, -0.05) is 36.0 Å². The third-order valence-corrected chi connectivity index (χ3v) is 5.21. The lowest BCUT2D eigenvalue weighted by atomic mass is 10.2. The van der Waals surface area contributed by atoms with Gasteiger partial charge in [0.1, 0.15) is 11.5 Å². The number of anilines is 1. The van der Waals surface area contributed by atoms with Crippen LogP contribution in [0.15, 0.2) is 53.7 Å². The summed E-state index contributed by atoms with van der Waals surface area (Å²) in [4.78, 5) is 12.3. The molecule has 0 unspecified atom stereocenters. The summed E-state index contributed by atoms with van der Waals surface area (Å²) in [5.74, 6) is 1.43. The normalized spacial score (nSPS) is 11.8. The van der Waals surface area contributed by atoms with Crippen LogP contribution in [0, 0.1) is 6.92 Å². The number of carbonyl (C=O) groups is 1. The third-order valence-electron chi connectivity index (χ3n) is 4.24. The predicted molar refractivity (Wildman–Crippen MR) is 113 cm³/mol. The smallest absolute Gasteiger partial charge is 0.234 e. The van der Waals surface area contributed by atoms with Crippen LogP contribution >= 0.6 is 11.8 Å². The van der Waals surface area contributed by atoms with Gasteiger partial charge in [0.25, 0.3) is 0 Å². The highest BCUT2D eigenvalue weighted by molar-refractivity contribution is 7.99. The Bertz CT molecular complexity index is 975. The number of phenolic OH excluding ortho intramolecular Hbond substituents is 1. The van der Waals surface area contributed by atoms with Crippen LogP contribution in [0.4, 0.5) is 5.69 Å². The lowest BCUT2D eigenvalue weighted by Crippen LogP contribution is -2.15. The topological polar surface area (TPSA) is 89.3 Å². The summed E-state index contributed by atoms with van der Waals surface area (Å²) < 4.78 is 7.89. The molecule has 0 aliphatic carbocycles. The van der Waals surface area contributed by atoms with Gasteiger partial charge in [-0.3, -0.25) is 4.79 Å². The Hall–Kier alpha value is -3.00. The SMILES string of the molecule is CCn1c(SCC(=O)Nc2cc(C)ccc2O)nnc1[C@@H](C)Oc1ccccc1. The zero-order valence-corrected chi connectivity index (χ0v) is 17.4. The van der Waals surface area contributed by atoms with Crippen molar-refractivity contribution >= 4 is 23.4 Å². The van der Waals surface area contributed by atoms with Crippen LogP contribution in [-0.4, -0.2) is 31.5 Å². The predicted octanol–water partition coefficient (Wildman–Crippen LogP) is 4.18. The number of nitrogens with zero attached hydrogens (tertiary/aromatic N) is 3. The zero-order valence-electron chi connectivity index (χ0n) is 16.6. The number of thioether (sulfide) groups is 1. The standard InChI is InChI=1S/C21H24N4O3S/c1-4-25-20(15(3)28-16-8-6-5-7-9-16)23-24-21(25)29-13-19(27)22-17-12-14(2)10-11-18(17)26/h5-12,15,26H,4,13H2,1-3H3,(H,22,27)/t15-/m1/s1. The Morgan fingerprint density at radius 1 is 1.24 bits per heavy atom. The van der Waals surface area contributed by atoms with E-state index in [-0.39, 0.29) is 23.5 Å². The number of aromatic nitrogens is 3. The Kier molecular flexibility index (Phi) is 6.77. The van der Waals surface area contributed by atoms with Crippen molar-refractivity contribution in [3.8, 4) is 11.5 Å². The molecular weight excluding hydrogens is 388 g/mol. The summed E-state index contributed by atoms with van der Waals surface area (Å²) in [5, 5.41) is 21.7.